The minimum absolute atomic E-state index is 0.00493. The summed E-state index contributed by atoms with van der Waals surface area (Å²) in [6.45, 7) is 0. The Balaban J connectivity index is 1.42. The molecule has 0 aromatic heterocycles. The Labute approximate surface area is 236 Å². The Bertz CT molecular complexity index is 2720. The zero-order valence-corrected chi connectivity index (χ0v) is 21.9. The summed E-state index contributed by atoms with van der Waals surface area (Å²) in [6.07, 6.45) is 9.18. The lowest BCUT2D eigenvalue weighted by molar-refractivity contribution is -0.108. The topological polar surface area (TPSA) is 74.7 Å². The molecule has 6 aliphatic rings. The highest BCUT2D eigenvalue weighted by atomic mass is 16.1. The molecule has 1 atom stereocenters. The molecule has 0 bridgehead atoms. The van der Waals surface area contributed by atoms with Crippen molar-refractivity contribution in [2.24, 2.45) is 9.98 Å². The number of amidine groups is 1. The van der Waals surface area contributed by atoms with E-state index in [1.807, 2.05) is 36.5 Å². The molecule has 42 heavy (non-hydrogen) atoms. The number of benzene rings is 6. The van der Waals surface area contributed by atoms with Gasteiger partial charge in [0, 0.05) is 41.0 Å². The number of fused-ring (bicyclic) bond motifs is 5. The van der Waals surface area contributed by atoms with Crippen molar-refractivity contribution in [3.8, 4) is 11.1 Å². The van der Waals surface area contributed by atoms with Gasteiger partial charge >= 0.3 is 0 Å². The van der Waals surface area contributed by atoms with Crippen molar-refractivity contribution < 1.29 is 4.79 Å². The zero-order valence-electron chi connectivity index (χ0n) is 21.9. The number of allylic oxidation sites excluding steroid dienone is 4. The van der Waals surface area contributed by atoms with Crippen LogP contribution in [0.1, 0.15) is 5.56 Å². The quantitative estimate of drug-likeness (QED) is 0.108. The number of hydrogen-bond donors (Lipinski definition) is 1. The number of hydrogen-bond acceptors (Lipinski definition) is 4. The molecule has 192 valence electrons. The number of carbonyl (C=O) groups is 1. The predicted molar refractivity (Wildman–Crippen MR) is 168 cm³/mol. The largest absolute Gasteiger partial charge is 0.366 e. The van der Waals surface area contributed by atoms with Gasteiger partial charge in [-0.1, -0.05) is 42.5 Å². The van der Waals surface area contributed by atoms with Crippen molar-refractivity contribution in [1.82, 2.24) is 9.47 Å². The number of H-pyrrole nitrogens is 1. The second-order valence-electron chi connectivity index (χ2n) is 11.5. The van der Waals surface area contributed by atoms with Crippen LogP contribution in [0.4, 0.5) is 11.4 Å². The van der Waals surface area contributed by atoms with Crippen LogP contribution >= 0.6 is 0 Å². The predicted octanol–water partition coefficient (Wildman–Crippen LogP) is 6.21. The van der Waals surface area contributed by atoms with Crippen LogP contribution in [0.25, 0.3) is 60.0 Å². The molecule has 2 aliphatic carbocycles. The van der Waals surface area contributed by atoms with Crippen LogP contribution in [0, 0.1) is 0 Å². The van der Waals surface area contributed by atoms with E-state index in [2.05, 4.69) is 47.4 Å². The summed E-state index contributed by atoms with van der Waals surface area (Å²) in [5, 5.41) is 9.52. The molecule has 4 aliphatic heterocycles. The van der Waals surface area contributed by atoms with E-state index in [1.165, 1.54) is 0 Å². The summed E-state index contributed by atoms with van der Waals surface area (Å²) in [6, 6.07) is 22.9. The number of ketones is 1. The molecule has 1 N–H and O–H groups in total. The summed E-state index contributed by atoms with van der Waals surface area (Å²) in [5.41, 5.74) is 5.90. The molecule has 5 aromatic rings. The lowest BCUT2D eigenvalue weighted by atomic mass is 9.83. The van der Waals surface area contributed by atoms with Crippen molar-refractivity contribution in [3.05, 3.63) is 124 Å². The number of quaternary nitrogens is 1. The summed E-state index contributed by atoms with van der Waals surface area (Å²) in [4.78, 5) is 40.1. The van der Waals surface area contributed by atoms with E-state index in [0.29, 0.717) is 11.3 Å². The Hall–Kier alpha value is -5.72. The van der Waals surface area contributed by atoms with Gasteiger partial charge in [0.25, 0.3) is 11.7 Å². The number of pyridine rings is 1. The van der Waals surface area contributed by atoms with Crippen LogP contribution in [-0.4, -0.2) is 22.3 Å². The molecule has 1 unspecified atom stereocenters. The summed E-state index contributed by atoms with van der Waals surface area (Å²) >= 11 is 0. The standard InChI is InChI=1S/C36H16N4O2/c41-28-7-3-6-27-34(28)39-36-22-13-11-20-23-14-29(42)24-16-37-15-17-8-9-18(32(23)30(17)24)19-10-12-21(33(22)31(19)20)35-38-25-4-1-2-5-26(25)40(27,35)36/h1-16H/p+1. The van der Waals surface area contributed by atoms with Crippen LogP contribution < -0.4 is 15.1 Å². The molecule has 0 saturated heterocycles. The zero-order chi connectivity index (χ0) is 27.5. The number of aromatic nitrogens is 1. The fourth-order valence-electron chi connectivity index (χ4n) is 8.10. The molecule has 11 rings (SSSR count). The van der Waals surface area contributed by atoms with E-state index >= 15 is 0 Å². The number of nitrogens with zero attached hydrogens (tertiary/aromatic N) is 3. The first kappa shape index (κ1) is 21.1. The first-order valence-corrected chi connectivity index (χ1v) is 14.0. The third-order valence-corrected chi connectivity index (χ3v) is 9.67. The molecular formula is C36H17N4O2+. The van der Waals surface area contributed by atoms with E-state index < -0.39 is 0 Å². The van der Waals surface area contributed by atoms with Crippen LogP contribution in [0.2, 0.25) is 0 Å². The van der Waals surface area contributed by atoms with E-state index in [1.54, 1.807) is 18.3 Å². The summed E-state index contributed by atoms with van der Waals surface area (Å²) in [7, 11) is 0. The summed E-state index contributed by atoms with van der Waals surface area (Å²) < 4.78 is 0.213. The minimum atomic E-state index is -0.0934. The highest BCUT2D eigenvalue weighted by molar-refractivity contribution is 6.55. The number of para-hydroxylation sites is 2. The first-order chi connectivity index (χ1) is 20.7. The van der Waals surface area contributed by atoms with Gasteiger partial charge in [-0.25, -0.2) is 0 Å². The molecule has 0 radical (unpaired) electrons. The van der Waals surface area contributed by atoms with Crippen molar-refractivity contribution in [2.75, 3.05) is 0 Å². The molecule has 4 heterocycles. The maximum Gasteiger partial charge on any atom is 0.253 e. The summed E-state index contributed by atoms with van der Waals surface area (Å²) in [5.74, 6) is 1.56. The fourth-order valence-corrected chi connectivity index (χ4v) is 8.10. The number of aromatic amines is 1. The van der Waals surface area contributed by atoms with Crippen LogP contribution in [0.5, 0.6) is 0 Å². The lowest BCUT2D eigenvalue weighted by Gasteiger charge is -2.34. The van der Waals surface area contributed by atoms with Crippen molar-refractivity contribution in [2.45, 2.75) is 0 Å². The van der Waals surface area contributed by atoms with Gasteiger partial charge in [-0.15, -0.1) is 0 Å². The number of aliphatic imine (C=N–C) groups is 2. The maximum absolute atomic E-state index is 13.4. The first-order valence-electron chi connectivity index (χ1n) is 14.0. The second-order valence-corrected chi connectivity index (χ2v) is 11.5. The van der Waals surface area contributed by atoms with Gasteiger partial charge in [-0.3, -0.25) is 9.59 Å². The van der Waals surface area contributed by atoms with Gasteiger partial charge in [0.2, 0.25) is 5.78 Å². The van der Waals surface area contributed by atoms with Gasteiger partial charge in [0.1, 0.15) is 5.69 Å². The van der Waals surface area contributed by atoms with E-state index in [9.17, 15) is 9.59 Å². The van der Waals surface area contributed by atoms with Crippen molar-refractivity contribution in [3.63, 3.8) is 0 Å². The average Bonchev–Trinajstić information content (AvgIpc) is 3.56. The Kier molecular flexibility index (Phi) is 3.31. The van der Waals surface area contributed by atoms with Crippen LogP contribution in [0.15, 0.2) is 118 Å². The van der Waals surface area contributed by atoms with E-state index in [4.69, 9.17) is 9.98 Å². The minimum Gasteiger partial charge on any atom is -0.366 e. The SMILES string of the molecule is O=C1C=CC=C2C1=NC1=c3ccc4c5cc(=O)c6c[nH]cc7ccc(c8ccc(c3c84)C3=Nc4ccccc4[N+]231)c5c7-6. The van der Waals surface area contributed by atoms with Gasteiger partial charge in [0.05, 0.1) is 10.8 Å². The number of nitrogens with one attached hydrogen (secondary N) is 1. The second kappa shape index (κ2) is 6.60. The monoisotopic (exact) mass is 537 g/mol. The highest BCUT2D eigenvalue weighted by Crippen LogP contribution is 2.55. The molecular weight excluding hydrogens is 520 g/mol. The lowest BCUT2D eigenvalue weighted by Crippen LogP contribution is -2.53. The van der Waals surface area contributed by atoms with Gasteiger partial charge in [-0.05, 0) is 68.0 Å². The Morgan fingerprint density at radius 3 is 2.52 bits per heavy atom. The molecule has 5 aromatic carbocycles. The van der Waals surface area contributed by atoms with Crippen LogP contribution in [0.3, 0.4) is 0 Å². The number of carbonyl (C=O) groups excluding carboxylic acids is 1. The van der Waals surface area contributed by atoms with E-state index in [0.717, 1.165) is 88.2 Å². The third-order valence-electron chi connectivity index (χ3n) is 9.67. The highest BCUT2D eigenvalue weighted by Gasteiger charge is 2.60. The Morgan fingerprint density at radius 2 is 1.57 bits per heavy atom. The smallest absolute Gasteiger partial charge is 0.253 e. The molecule has 0 fully saturated rings. The number of rotatable bonds is 0. The molecule has 6 nitrogen and oxygen atoms in total. The fraction of sp³-hybridized carbons (Fsp3) is 0. The van der Waals surface area contributed by atoms with Crippen molar-refractivity contribution >= 4 is 77.6 Å². The molecule has 0 saturated carbocycles. The molecule has 1 spiro atoms. The van der Waals surface area contributed by atoms with Gasteiger partial charge < -0.3 is 4.98 Å². The van der Waals surface area contributed by atoms with Crippen molar-refractivity contribution in [1.29, 1.82) is 0 Å². The normalized spacial score (nSPS) is 20.0. The van der Waals surface area contributed by atoms with E-state index in [-0.39, 0.29) is 15.7 Å². The third kappa shape index (κ3) is 2.04. The van der Waals surface area contributed by atoms with Gasteiger partial charge in [0.15, 0.2) is 22.5 Å². The van der Waals surface area contributed by atoms with Crippen LogP contribution in [-0.2, 0) is 4.79 Å². The van der Waals surface area contributed by atoms with Gasteiger partial charge in [-0.2, -0.15) is 14.5 Å². The average molecular weight is 538 g/mol. The maximum atomic E-state index is 13.4. The molecule has 6 heteroatoms. The Morgan fingerprint density at radius 1 is 0.738 bits per heavy atom. The molecule has 0 amide bonds.